The van der Waals surface area contributed by atoms with Crippen LogP contribution in [-0.4, -0.2) is 22.4 Å². The van der Waals surface area contributed by atoms with Gasteiger partial charge in [0, 0.05) is 12.2 Å². The molecule has 2 rings (SSSR count). The van der Waals surface area contributed by atoms with E-state index in [0.717, 1.165) is 12.1 Å². The molecule has 0 unspecified atom stereocenters. The van der Waals surface area contributed by atoms with Crippen LogP contribution in [0.15, 0.2) is 30.6 Å². The Kier molecular flexibility index (Phi) is 4.87. The Morgan fingerprint density at radius 1 is 1.19 bits per heavy atom. The Morgan fingerprint density at radius 3 is 2.67 bits per heavy atom. The maximum atomic E-state index is 11.7. The lowest BCUT2D eigenvalue weighted by Gasteiger charge is -2.10. The lowest BCUT2D eigenvalue weighted by molar-refractivity contribution is 0.0948. The molecule has 1 amide bonds. The molecule has 0 aliphatic carbocycles. The van der Waals surface area contributed by atoms with Gasteiger partial charge in [-0.1, -0.05) is 19.1 Å². The third-order valence-electron chi connectivity index (χ3n) is 3.29. The van der Waals surface area contributed by atoms with E-state index >= 15 is 0 Å². The van der Waals surface area contributed by atoms with Crippen molar-refractivity contribution in [1.29, 1.82) is 0 Å². The van der Waals surface area contributed by atoms with Crippen LogP contribution in [0.2, 0.25) is 0 Å². The monoisotopic (exact) mass is 284 g/mol. The van der Waals surface area contributed by atoms with Gasteiger partial charge < -0.3 is 10.6 Å². The fourth-order valence-corrected chi connectivity index (χ4v) is 1.86. The molecule has 5 heteroatoms. The van der Waals surface area contributed by atoms with Gasteiger partial charge in [-0.25, -0.2) is 9.97 Å². The fraction of sp³-hybridized carbons (Fsp3) is 0.312. The number of hydrogen-bond acceptors (Lipinski definition) is 4. The molecular weight excluding hydrogens is 264 g/mol. The maximum Gasteiger partial charge on any atom is 0.271 e. The number of carbonyl (C=O) groups is 1. The summed E-state index contributed by atoms with van der Waals surface area (Å²) in [7, 11) is 0. The summed E-state index contributed by atoms with van der Waals surface area (Å²) in [6.07, 6.45) is 3.95. The van der Waals surface area contributed by atoms with Crippen LogP contribution in [0, 0.1) is 13.8 Å². The Labute approximate surface area is 124 Å². The van der Waals surface area contributed by atoms with Crippen LogP contribution in [0.25, 0.3) is 0 Å². The Balaban J connectivity index is 2.09. The minimum atomic E-state index is -0.192. The van der Waals surface area contributed by atoms with Gasteiger partial charge in [0.25, 0.3) is 5.91 Å². The Hall–Kier alpha value is -2.43. The van der Waals surface area contributed by atoms with Gasteiger partial charge in [-0.3, -0.25) is 4.79 Å². The molecule has 0 aliphatic rings. The molecule has 21 heavy (non-hydrogen) atoms. The molecule has 0 saturated carbocycles. The van der Waals surface area contributed by atoms with Crippen molar-refractivity contribution in [3.05, 3.63) is 47.4 Å². The third-order valence-corrected chi connectivity index (χ3v) is 3.29. The Morgan fingerprint density at radius 2 is 2.00 bits per heavy atom. The van der Waals surface area contributed by atoms with Gasteiger partial charge in [-0.2, -0.15) is 0 Å². The van der Waals surface area contributed by atoms with E-state index in [4.69, 9.17) is 0 Å². The zero-order chi connectivity index (χ0) is 15.2. The molecule has 2 N–H and O–H groups in total. The van der Waals surface area contributed by atoms with E-state index < -0.39 is 0 Å². The van der Waals surface area contributed by atoms with Gasteiger partial charge in [0.15, 0.2) is 0 Å². The Bertz CT molecular complexity index is 623. The van der Waals surface area contributed by atoms with Gasteiger partial charge in [-0.05, 0) is 37.5 Å². The van der Waals surface area contributed by atoms with Crippen molar-refractivity contribution in [2.75, 3.05) is 11.9 Å². The largest absolute Gasteiger partial charge is 0.351 e. The first-order chi connectivity index (χ1) is 10.1. The van der Waals surface area contributed by atoms with Gasteiger partial charge >= 0.3 is 0 Å². The quantitative estimate of drug-likeness (QED) is 0.885. The molecule has 0 atom stereocenters. The van der Waals surface area contributed by atoms with Gasteiger partial charge in [0.1, 0.15) is 11.5 Å². The molecule has 110 valence electrons. The summed E-state index contributed by atoms with van der Waals surface area (Å²) in [5.74, 6) is 0.429. The maximum absolute atomic E-state index is 11.7. The van der Waals surface area contributed by atoms with E-state index in [1.165, 1.54) is 17.3 Å². The van der Waals surface area contributed by atoms with E-state index in [1.807, 2.05) is 19.1 Å². The summed E-state index contributed by atoms with van der Waals surface area (Å²) in [5, 5.41) is 5.99. The first-order valence-electron chi connectivity index (χ1n) is 7.05. The number of anilines is 2. The number of aromatic nitrogens is 2. The molecule has 0 bridgehead atoms. The number of carbonyl (C=O) groups excluding carboxylic acids is 1. The lowest BCUT2D eigenvalue weighted by Crippen LogP contribution is -2.25. The fourth-order valence-electron chi connectivity index (χ4n) is 1.86. The second kappa shape index (κ2) is 6.83. The molecule has 0 aliphatic heterocycles. The highest BCUT2D eigenvalue weighted by atomic mass is 16.1. The van der Waals surface area contributed by atoms with Crippen LogP contribution in [0.4, 0.5) is 11.5 Å². The minimum absolute atomic E-state index is 0.192. The highest BCUT2D eigenvalue weighted by Crippen LogP contribution is 2.21. The van der Waals surface area contributed by atoms with Crippen LogP contribution in [0.3, 0.4) is 0 Å². The number of amides is 1. The summed E-state index contributed by atoms with van der Waals surface area (Å²) in [6, 6.07) is 6.05. The standard InChI is InChI=1S/C16H20N4O/c1-4-8-17-16(21)14-9-19-15(10-18-14)20-13-7-5-6-11(2)12(13)3/h5-7,9-10H,4,8H2,1-3H3,(H,17,21)(H,19,20). The second-order valence-electron chi connectivity index (χ2n) is 4.92. The highest BCUT2D eigenvalue weighted by molar-refractivity contribution is 5.92. The van der Waals surface area contributed by atoms with Crippen molar-refractivity contribution in [3.63, 3.8) is 0 Å². The number of hydrogen-bond donors (Lipinski definition) is 2. The van der Waals surface area contributed by atoms with Crippen LogP contribution < -0.4 is 10.6 Å². The molecule has 0 fully saturated rings. The van der Waals surface area contributed by atoms with E-state index in [0.29, 0.717) is 18.1 Å². The van der Waals surface area contributed by atoms with Crippen molar-refractivity contribution < 1.29 is 4.79 Å². The lowest BCUT2D eigenvalue weighted by atomic mass is 10.1. The predicted octanol–water partition coefficient (Wildman–Crippen LogP) is 2.98. The van der Waals surface area contributed by atoms with Crippen molar-refractivity contribution >= 4 is 17.4 Å². The van der Waals surface area contributed by atoms with Gasteiger partial charge in [0.05, 0.1) is 12.4 Å². The van der Waals surface area contributed by atoms with E-state index in [2.05, 4.69) is 40.5 Å². The smallest absolute Gasteiger partial charge is 0.271 e. The first kappa shape index (κ1) is 15.0. The summed E-state index contributed by atoms with van der Waals surface area (Å²) < 4.78 is 0. The normalized spacial score (nSPS) is 10.2. The summed E-state index contributed by atoms with van der Waals surface area (Å²) in [5.41, 5.74) is 3.70. The number of nitrogens with one attached hydrogen (secondary N) is 2. The second-order valence-corrected chi connectivity index (χ2v) is 4.92. The SMILES string of the molecule is CCCNC(=O)c1cnc(Nc2cccc(C)c2C)cn1. The molecule has 0 saturated heterocycles. The molecular formula is C16H20N4O. The molecule has 2 aromatic rings. The number of nitrogens with zero attached hydrogens (tertiary/aromatic N) is 2. The van der Waals surface area contributed by atoms with Gasteiger partial charge in [0.2, 0.25) is 0 Å². The van der Waals surface area contributed by atoms with Crippen molar-refractivity contribution in [3.8, 4) is 0 Å². The number of rotatable bonds is 5. The topological polar surface area (TPSA) is 66.9 Å². The van der Waals surface area contributed by atoms with Crippen molar-refractivity contribution in [1.82, 2.24) is 15.3 Å². The number of benzene rings is 1. The molecule has 1 aromatic carbocycles. The average molecular weight is 284 g/mol. The molecule has 5 nitrogen and oxygen atoms in total. The first-order valence-corrected chi connectivity index (χ1v) is 7.05. The third kappa shape index (κ3) is 3.78. The van der Waals surface area contributed by atoms with Crippen LogP contribution in [0.5, 0.6) is 0 Å². The molecule has 0 radical (unpaired) electrons. The van der Waals surface area contributed by atoms with Crippen molar-refractivity contribution in [2.45, 2.75) is 27.2 Å². The molecule has 0 spiro atoms. The summed E-state index contributed by atoms with van der Waals surface area (Å²) in [4.78, 5) is 20.1. The summed E-state index contributed by atoms with van der Waals surface area (Å²) in [6.45, 7) is 6.76. The van der Waals surface area contributed by atoms with E-state index in [1.54, 1.807) is 6.20 Å². The van der Waals surface area contributed by atoms with Crippen LogP contribution in [0.1, 0.15) is 35.0 Å². The highest BCUT2D eigenvalue weighted by Gasteiger charge is 2.07. The van der Waals surface area contributed by atoms with Crippen LogP contribution >= 0.6 is 0 Å². The summed E-state index contributed by atoms with van der Waals surface area (Å²) >= 11 is 0. The molecule has 1 aromatic heterocycles. The predicted molar refractivity (Wildman–Crippen MR) is 83.9 cm³/mol. The minimum Gasteiger partial charge on any atom is -0.351 e. The number of aryl methyl sites for hydroxylation is 1. The average Bonchev–Trinajstić information content (AvgIpc) is 2.50. The van der Waals surface area contributed by atoms with E-state index in [9.17, 15) is 4.79 Å². The van der Waals surface area contributed by atoms with E-state index in [-0.39, 0.29) is 5.91 Å². The molecule has 1 heterocycles. The van der Waals surface area contributed by atoms with Crippen molar-refractivity contribution in [2.24, 2.45) is 0 Å². The zero-order valence-electron chi connectivity index (χ0n) is 12.6. The van der Waals surface area contributed by atoms with Gasteiger partial charge in [-0.15, -0.1) is 0 Å². The van der Waals surface area contributed by atoms with Crippen LogP contribution in [-0.2, 0) is 0 Å². The zero-order valence-corrected chi connectivity index (χ0v) is 12.6.